The van der Waals surface area contributed by atoms with Crippen LogP contribution in [0.3, 0.4) is 0 Å². The van der Waals surface area contributed by atoms with E-state index < -0.39 is 29.5 Å². The van der Waals surface area contributed by atoms with Crippen molar-refractivity contribution in [3.05, 3.63) is 28.8 Å². The monoisotopic (exact) mass is 285 g/mol. The molecule has 1 aromatic carbocycles. The van der Waals surface area contributed by atoms with Crippen LogP contribution in [0.25, 0.3) is 0 Å². The summed E-state index contributed by atoms with van der Waals surface area (Å²) >= 11 is 0. The molecule has 0 aliphatic heterocycles. The average molecular weight is 286 g/mol. The minimum atomic E-state index is -4.75. The number of halogens is 4. The maximum atomic E-state index is 12.4. The molecule has 0 fully saturated rings. The molecule has 8 heteroatoms. The van der Waals surface area contributed by atoms with Crippen molar-refractivity contribution in [2.75, 3.05) is 0 Å². The van der Waals surface area contributed by atoms with Crippen LogP contribution in [0.4, 0.5) is 13.2 Å². The van der Waals surface area contributed by atoms with Gasteiger partial charge in [-0.1, -0.05) is 0 Å². The van der Waals surface area contributed by atoms with Gasteiger partial charge in [0.25, 0.3) is 0 Å². The van der Waals surface area contributed by atoms with Gasteiger partial charge < -0.3 is 15.9 Å². The van der Waals surface area contributed by atoms with Crippen molar-refractivity contribution in [2.45, 2.75) is 19.1 Å². The Morgan fingerprint density at radius 1 is 1.39 bits per heavy atom. The maximum Gasteiger partial charge on any atom is 0.407 e. The minimum absolute atomic E-state index is 0. The highest BCUT2D eigenvalue weighted by Crippen LogP contribution is 2.37. The summed E-state index contributed by atoms with van der Waals surface area (Å²) < 4.78 is 37.2. The van der Waals surface area contributed by atoms with E-state index >= 15 is 0 Å². The van der Waals surface area contributed by atoms with Gasteiger partial charge >= 0.3 is 12.1 Å². The van der Waals surface area contributed by atoms with Gasteiger partial charge in [-0.3, -0.25) is 0 Å². The van der Waals surface area contributed by atoms with Gasteiger partial charge in [0.05, 0.1) is 5.56 Å². The van der Waals surface area contributed by atoms with Gasteiger partial charge in [-0.25, -0.2) is 4.79 Å². The highest BCUT2D eigenvalue weighted by atomic mass is 35.5. The number of carbonyl (C=O) groups is 1. The number of phenols is 1. The number of benzene rings is 1. The van der Waals surface area contributed by atoms with Crippen LogP contribution in [0.15, 0.2) is 12.1 Å². The molecular weight excluding hydrogens is 275 g/mol. The molecule has 0 aliphatic carbocycles. The van der Waals surface area contributed by atoms with Crippen LogP contribution < -0.4 is 5.73 Å². The SMILES string of the molecule is Cc1cc(C(=O)O)cc([C@@H](N)C(F)(F)F)c1O.Cl. The van der Waals surface area contributed by atoms with E-state index in [-0.39, 0.29) is 23.5 Å². The largest absolute Gasteiger partial charge is 0.507 e. The van der Waals surface area contributed by atoms with Gasteiger partial charge in [-0.15, -0.1) is 12.4 Å². The maximum absolute atomic E-state index is 12.4. The summed E-state index contributed by atoms with van der Waals surface area (Å²) in [7, 11) is 0. The van der Waals surface area contributed by atoms with Crippen LogP contribution >= 0.6 is 12.4 Å². The second kappa shape index (κ2) is 5.45. The molecular formula is C10H11ClF3NO3. The van der Waals surface area contributed by atoms with E-state index in [9.17, 15) is 23.1 Å². The van der Waals surface area contributed by atoms with Gasteiger partial charge in [-0.05, 0) is 24.6 Å². The Labute approximate surface area is 107 Å². The fourth-order valence-electron chi connectivity index (χ4n) is 1.34. The molecule has 0 bridgehead atoms. The number of hydrogen-bond acceptors (Lipinski definition) is 3. The van der Waals surface area contributed by atoms with Crippen molar-refractivity contribution in [1.82, 2.24) is 0 Å². The first-order chi connectivity index (χ1) is 7.64. The predicted molar refractivity (Wildman–Crippen MR) is 60.0 cm³/mol. The Hall–Kier alpha value is -1.47. The number of alkyl halides is 3. The third-order valence-corrected chi connectivity index (χ3v) is 2.26. The van der Waals surface area contributed by atoms with E-state index in [0.29, 0.717) is 0 Å². The first-order valence-corrected chi connectivity index (χ1v) is 4.53. The van der Waals surface area contributed by atoms with E-state index in [4.69, 9.17) is 10.8 Å². The topological polar surface area (TPSA) is 83.5 Å². The standard InChI is InChI=1S/C10H10F3NO3.ClH/c1-4-2-5(9(16)17)3-6(7(4)15)8(14)10(11,12)13;/h2-3,8,15H,14H2,1H3,(H,16,17);1H/t8-;/m1./s1. The van der Waals surface area contributed by atoms with Crippen LogP contribution in [0.2, 0.25) is 0 Å². The van der Waals surface area contributed by atoms with Crippen molar-refractivity contribution >= 4 is 18.4 Å². The van der Waals surface area contributed by atoms with E-state index in [1.807, 2.05) is 0 Å². The molecule has 4 nitrogen and oxygen atoms in total. The lowest BCUT2D eigenvalue weighted by Gasteiger charge is -2.18. The summed E-state index contributed by atoms with van der Waals surface area (Å²) in [5.41, 5.74) is 3.96. The lowest BCUT2D eigenvalue weighted by atomic mass is 9.99. The van der Waals surface area contributed by atoms with Crippen LogP contribution in [0.5, 0.6) is 5.75 Å². The molecule has 0 aliphatic rings. The molecule has 1 atom stereocenters. The predicted octanol–water partition coefficient (Wildman–Crippen LogP) is 2.38. The molecule has 0 heterocycles. The highest BCUT2D eigenvalue weighted by Gasteiger charge is 2.39. The highest BCUT2D eigenvalue weighted by molar-refractivity contribution is 5.88. The smallest absolute Gasteiger partial charge is 0.407 e. The third kappa shape index (κ3) is 3.27. The first-order valence-electron chi connectivity index (χ1n) is 4.53. The summed E-state index contributed by atoms with van der Waals surface area (Å²) in [5.74, 6) is -2.02. The number of aromatic carboxylic acids is 1. The molecule has 0 aromatic heterocycles. The third-order valence-electron chi connectivity index (χ3n) is 2.26. The Morgan fingerprint density at radius 3 is 2.28 bits per heavy atom. The molecule has 0 amide bonds. The van der Waals surface area contributed by atoms with Crippen molar-refractivity contribution in [3.63, 3.8) is 0 Å². The zero-order valence-electron chi connectivity index (χ0n) is 9.15. The quantitative estimate of drug-likeness (QED) is 0.779. The number of phenolic OH excluding ortho intramolecular Hbond substituents is 1. The van der Waals surface area contributed by atoms with Crippen molar-refractivity contribution in [1.29, 1.82) is 0 Å². The molecule has 1 aromatic rings. The molecule has 0 radical (unpaired) electrons. The molecule has 0 saturated heterocycles. The van der Waals surface area contributed by atoms with Crippen molar-refractivity contribution in [2.24, 2.45) is 5.73 Å². The van der Waals surface area contributed by atoms with Gasteiger partial charge in [0.2, 0.25) is 0 Å². The number of aryl methyl sites for hydroxylation is 1. The van der Waals surface area contributed by atoms with E-state index in [1.165, 1.54) is 6.92 Å². The minimum Gasteiger partial charge on any atom is -0.507 e. The zero-order valence-corrected chi connectivity index (χ0v) is 9.97. The number of carboxylic acid groups (broad SMARTS) is 1. The molecule has 18 heavy (non-hydrogen) atoms. The van der Waals surface area contributed by atoms with Crippen molar-refractivity contribution < 1.29 is 28.2 Å². The molecule has 0 spiro atoms. The van der Waals surface area contributed by atoms with Gasteiger partial charge in [0.1, 0.15) is 11.8 Å². The summed E-state index contributed by atoms with van der Waals surface area (Å²) in [5, 5.41) is 18.2. The molecule has 0 saturated carbocycles. The number of hydrogen-bond donors (Lipinski definition) is 3. The van der Waals surface area contributed by atoms with Crippen LogP contribution in [-0.2, 0) is 0 Å². The Morgan fingerprint density at radius 2 is 1.89 bits per heavy atom. The lowest BCUT2D eigenvalue weighted by molar-refractivity contribution is -0.149. The molecule has 1 rings (SSSR count). The molecule has 102 valence electrons. The average Bonchev–Trinajstić information content (AvgIpc) is 2.19. The van der Waals surface area contributed by atoms with Gasteiger partial charge in [0, 0.05) is 5.56 Å². The second-order valence-corrected chi connectivity index (χ2v) is 3.56. The van der Waals surface area contributed by atoms with Gasteiger partial charge in [-0.2, -0.15) is 13.2 Å². The van der Waals surface area contributed by atoms with Gasteiger partial charge in [0.15, 0.2) is 0 Å². The van der Waals surface area contributed by atoms with E-state index in [2.05, 4.69) is 0 Å². The fraction of sp³-hybridized carbons (Fsp3) is 0.300. The summed E-state index contributed by atoms with van der Waals surface area (Å²) in [6, 6.07) is -0.618. The Bertz CT molecular complexity index is 462. The number of nitrogens with two attached hydrogens (primary N) is 1. The number of rotatable bonds is 2. The number of aromatic hydroxyl groups is 1. The number of carboxylic acids is 1. The van der Waals surface area contributed by atoms with Crippen LogP contribution in [0, 0.1) is 6.92 Å². The lowest BCUT2D eigenvalue weighted by Crippen LogP contribution is -2.28. The van der Waals surface area contributed by atoms with Crippen molar-refractivity contribution in [3.8, 4) is 5.75 Å². The summed E-state index contributed by atoms with van der Waals surface area (Å²) in [6.07, 6.45) is -4.75. The van der Waals surface area contributed by atoms with Crippen LogP contribution in [-0.4, -0.2) is 22.4 Å². The Kier molecular flexibility index (Phi) is 5.00. The van der Waals surface area contributed by atoms with E-state index in [0.717, 1.165) is 12.1 Å². The molecule has 4 N–H and O–H groups in total. The Balaban J connectivity index is 0.00000289. The molecule has 0 unspecified atom stereocenters. The first kappa shape index (κ1) is 16.5. The second-order valence-electron chi connectivity index (χ2n) is 3.56. The summed E-state index contributed by atoms with van der Waals surface area (Å²) in [6.45, 7) is 1.30. The van der Waals surface area contributed by atoms with E-state index in [1.54, 1.807) is 0 Å². The normalized spacial score (nSPS) is 12.7. The summed E-state index contributed by atoms with van der Waals surface area (Å²) in [4.78, 5) is 10.7. The fourth-order valence-corrected chi connectivity index (χ4v) is 1.34. The van der Waals surface area contributed by atoms with Crippen LogP contribution in [0.1, 0.15) is 27.5 Å². The zero-order chi connectivity index (χ0) is 13.4.